The van der Waals surface area contributed by atoms with E-state index in [0.29, 0.717) is 30.8 Å². The molecule has 3 aromatic carbocycles. The van der Waals surface area contributed by atoms with Crippen molar-refractivity contribution in [3.8, 4) is 0 Å². The molecule has 2 saturated heterocycles. The zero-order chi connectivity index (χ0) is 22.1. The lowest BCUT2D eigenvalue weighted by molar-refractivity contribution is -0.0961. The molecule has 2 fully saturated rings. The summed E-state index contributed by atoms with van der Waals surface area (Å²) in [5.74, 6) is -0.256. The van der Waals surface area contributed by atoms with E-state index in [1.807, 2.05) is 31.2 Å². The number of benzene rings is 3. The molecule has 0 N–H and O–H groups in total. The average Bonchev–Trinajstić information content (AvgIpc) is 3.29. The van der Waals surface area contributed by atoms with Gasteiger partial charge in [0.05, 0.1) is 4.90 Å². The van der Waals surface area contributed by atoms with Crippen molar-refractivity contribution in [3.63, 3.8) is 0 Å². The largest absolute Gasteiger partial charge is 0.354 e. The Balaban J connectivity index is 1.40. The molecule has 0 radical (unpaired) electrons. The number of piperidine rings is 1. The van der Waals surface area contributed by atoms with Gasteiger partial charge in [0.2, 0.25) is 10.0 Å². The summed E-state index contributed by atoms with van der Waals surface area (Å²) in [7, 11) is -3.58. The Labute approximate surface area is 187 Å². The summed E-state index contributed by atoms with van der Waals surface area (Å²) in [6.07, 6.45) is 1.28. The van der Waals surface area contributed by atoms with E-state index in [2.05, 4.69) is 12.1 Å². The van der Waals surface area contributed by atoms with E-state index in [9.17, 15) is 12.8 Å². The van der Waals surface area contributed by atoms with Gasteiger partial charge in [-0.3, -0.25) is 0 Å². The Morgan fingerprint density at radius 3 is 2.38 bits per heavy atom. The quantitative estimate of drug-likeness (QED) is 0.581. The van der Waals surface area contributed by atoms with Crippen LogP contribution in [0.2, 0.25) is 0 Å². The van der Waals surface area contributed by atoms with Gasteiger partial charge >= 0.3 is 0 Å². The van der Waals surface area contributed by atoms with E-state index in [0.717, 1.165) is 22.3 Å². The molecule has 32 heavy (non-hydrogen) atoms. The molecule has 1 spiro atoms. The minimum Gasteiger partial charge on any atom is -0.354 e. The molecule has 1 unspecified atom stereocenters. The van der Waals surface area contributed by atoms with Crippen LogP contribution in [-0.2, 0) is 26.0 Å². The highest BCUT2D eigenvalue weighted by Crippen LogP contribution is 2.66. The molecule has 0 aliphatic carbocycles. The number of hydrogen-bond donors (Lipinski definition) is 0. The maximum atomic E-state index is 13.7. The minimum absolute atomic E-state index is 0.0245. The first-order chi connectivity index (χ1) is 15.3. The topological polar surface area (TPSA) is 46.6 Å². The van der Waals surface area contributed by atoms with Gasteiger partial charge in [-0.05, 0) is 60.7 Å². The molecule has 0 amide bonds. The molecule has 2 bridgehead atoms. The van der Waals surface area contributed by atoms with Crippen LogP contribution in [-0.4, -0.2) is 25.8 Å². The first kappa shape index (κ1) is 20.1. The first-order valence-electron chi connectivity index (χ1n) is 11.0. The molecule has 4 nitrogen and oxygen atoms in total. The Bertz CT molecular complexity index is 1310. The van der Waals surface area contributed by atoms with Crippen LogP contribution in [0.4, 0.5) is 4.39 Å². The molecule has 3 atom stereocenters. The molecule has 6 heteroatoms. The van der Waals surface area contributed by atoms with Crippen molar-refractivity contribution in [3.05, 3.63) is 101 Å². The van der Waals surface area contributed by atoms with E-state index in [1.165, 1.54) is 12.1 Å². The zero-order valence-electron chi connectivity index (χ0n) is 17.8. The third-order valence-electron chi connectivity index (χ3n) is 7.49. The molecule has 3 aliphatic heterocycles. The lowest BCUT2D eigenvalue weighted by Gasteiger charge is -2.42. The number of sulfonamides is 1. The Morgan fingerprint density at radius 2 is 1.66 bits per heavy atom. The molecule has 6 rings (SSSR count). The highest BCUT2D eigenvalue weighted by molar-refractivity contribution is 7.89. The fourth-order valence-electron chi connectivity index (χ4n) is 5.95. The predicted octanol–water partition coefficient (Wildman–Crippen LogP) is 4.72. The van der Waals surface area contributed by atoms with Gasteiger partial charge in [-0.15, -0.1) is 0 Å². The van der Waals surface area contributed by atoms with Crippen molar-refractivity contribution in [2.45, 2.75) is 35.9 Å². The summed E-state index contributed by atoms with van der Waals surface area (Å²) in [6.45, 7) is 2.76. The summed E-state index contributed by atoms with van der Waals surface area (Å²) >= 11 is 0. The number of hydrogen-bond acceptors (Lipinski definition) is 3. The third kappa shape index (κ3) is 2.63. The summed E-state index contributed by atoms with van der Waals surface area (Å²) < 4.78 is 48.9. The maximum absolute atomic E-state index is 13.7. The summed E-state index contributed by atoms with van der Waals surface area (Å²) in [6, 6.07) is 21.8. The Hall–Kier alpha value is -2.54. The van der Waals surface area contributed by atoms with E-state index < -0.39 is 21.2 Å². The van der Waals surface area contributed by atoms with Crippen molar-refractivity contribution in [2.24, 2.45) is 5.92 Å². The molecule has 3 aliphatic rings. The molecular formula is C26H24FNO3S. The second-order valence-corrected chi connectivity index (χ2v) is 11.1. The molecular weight excluding hydrogens is 425 g/mol. The fraction of sp³-hybridized carbons (Fsp3) is 0.308. The number of halogens is 1. The van der Waals surface area contributed by atoms with Crippen LogP contribution in [0.1, 0.15) is 35.1 Å². The lowest BCUT2D eigenvalue weighted by Crippen LogP contribution is -2.50. The molecule has 3 aromatic rings. The van der Waals surface area contributed by atoms with Crippen molar-refractivity contribution in [1.29, 1.82) is 0 Å². The predicted molar refractivity (Wildman–Crippen MR) is 119 cm³/mol. The number of nitrogens with zero attached hydrogens (tertiary/aromatic N) is 1. The van der Waals surface area contributed by atoms with Gasteiger partial charge in [0, 0.05) is 19.0 Å². The lowest BCUT2D eigenvalue weighted by atomic mass is 9.66. The fourth-order valence-corrected chi connectivity index (χ4v) is 7.44. The second kappa shape index (κ2) is 6.73. The molecule has 0 saturated carbocycles. The van der Waals surface area contributed by atoms with Crippen LogP contribution in [0.5, 0.6) is 0 Å². The van der Waals surface area contributed by atoms with Crippen molar-refractivity contribution >= 4 is 10.0 Å². The van der Waals surface area contributed by atoms with Crippen LogP contribution in [0, 0.1) is 18.7 Å². The summed E-state index contributed by atoms with van der Waals surface area (Å²) in [5.41, 5.74) is 3.04. The minimum atomic E-state index is -3.58. The monoisotopic (exact) mass is 449 g/mol. The van der Waals surface area contributed by atoms with Crippen molar-refractivity contribution < 1.29 is 17.5 Å². The molecule has 0 aromatic heterocycles. The number of rotatable bonds is 3. The van der Waals surface area contributed by atoms with Crippen molar-refractivity contribution in [2.75, 3.05) is 13.1 Å². The number of ether oxygens (including phenoxy) is 1. The Kier molecular flexibility index (Phi) is 4.23. The molecule has 164 valence electrons. The summed E-state index contributed by atoms with van der Waals surface area (Å²) in [5, 5.41) is 0. The van der Waals surface area contributed by atoms with Gasteiger partial charge in [0.25, 0.3) is 0 Å². The average molecular weight is 450 g/mol. The van der Waals surface area contributed by atoms with E-state index in [1.54, 1.807) is 28.6 Å². The van der Waals surface area contributed by atoms with E-state index in [-0.39, 0.29) is 11.7 Å². The van der Waals surface area contributed by atoms with Crippen LogP contribution >= 0.6 is 0 Å². The SMILES string of the molecule is Cc1ccc(S(=O)(=O)N2CC[C@@]34O[C@@](c5ccc(F)cc5)(CC3C2)c2ccccc24)cc1. The number of aryl methyl sites for hydroxylation is 1. The smallest absolute Gasteiger partial charge is 0.243 e. The van der Waals surface area contributed by atoms with Crippen LogP contribution < -0.4 is 0 Å². The highest BCUT2D eigenvalue weighted by Gasteiger charge is 2.66. The first-order valence-corrected chi connectivity index (χ1v) is 12.4. The van der Waals surface area contributed by atoms with E-state index in [4.69, 9.17) is 4.74 Å². The van der Waals surface area contributed by atoms with Crippen LogP contribution in [0.15, 0.2) is 77.7 Å². The van der Waals surface area contributed by atoms with Crippen LogP contribution in [0.25, 0.3) is 0 Å². The standard InChI is InChI=1S/C26H24FNO3S/c1-18-6-12-22(13-7-18)32(29,30)28-15-14-25-20(17-28)16-26(31-25,19-8-10-21(27)11-9-19)24-5-3-2-4-23(24)25/h2-13,20H,14-17H2,1H3/t20?,25-,26-/m1/s1. The van der Waals surface area contributed by atoms with Gasteiger partial charge in [-0.2, -0.15) is 4.31 Å². The normalized spacial score (nSPS) is 29.0. The second-order valence-electron chi connectivity index (χ2n) is 9.20. The maximum Gasteiger partial charge on any atom is 0.243 e. The van der Waals surface area contributed by atoms with Gasteiger partial charge in [-0.1, -0.05) is 54.1 Å². The van der Waals surface area contributed by atoms with Gasteiger partial charge in [0.15, 0.2) is 0 Å². The Morgan fingerprint density at radius 1 is 0.969 bits per heavy atom. The summed E-state index contributed by atoms with van der Waals surface area (Å²) in [4.78, 5) is 0.330. The third-order valence-corrected chi connectivity index (χ3v) is 9.37. The van der Waals surface area contributed by atoms with Gasteiger partial charge in [-0.25, -0.2) is 12.8 Å². The van der Waals surface area contributed by atoms with Gasteiger partial charge in [0.1, 0.15) is 17.0 Å². The number of fused-ring (bicyclic) bond motifs is 3. The van der Waals surface area contributed by atoms with Crippen molar-refractivity contribution in [1.82, 2.24) is 4.31 Å². The zero-order valence-corrected chi connectivity index (χ0v) is 18.6. The molecule has 3 heterocycles. The highest BCUT2D eigenvalue weighted by atomic mass is 32.2. The van der Waals surface area contributed by atoms with Crippen LogP contribution in [0.3, 0.4) is 0 Å². The van der Waals surface area contributed by atoms with Gasteiger partial charge < -0.3 is 4.74 Å². The van der Waals surface area contributed by atoms with E-state index >= 15 is 0 Å².